The summed E-state index contributed by atoms with van der Waals surface area (Å²) in [5.74, 6) is 0. The lowest BCUT2D eigenvalue weighted by Crippen LogP contribution is -2.51. The third kappa shape index (κ3) is 5.90. The van der Waals surface area contributed by atoms with Crippen molar-refractivity contribution in [2.24, 2.45) is 0 Å². The second kappa shape index (κ2) is 10.1. The largest absolute Gasteiger partial charge is 0.375 e. The van der Waals surface area contributed by atoms with Gasteiger partial charge < -0.3 is 9.47 Å². The molecule has 3 heteroatoms. The van der Waals surface area contributed by atoms with E-state index in [1.807, 2.05) is 0 Å². The van der Waals surface area contributed by atoms with E-state index >= 15 is 0 Å². The Labute approximate surface area is 117 Å². The van der Waals surface area contributed by atoms with E-state index in [1.54, 1.807) is 0 Å². The summed E-state index contributed by atoms with van der Waals surface area (Å²) < 4.78 is 11.6. The van der Waals surface area contributed by atoms with Crippen LogP contribution < -0.4 is 0 Å². The van der Waals surface area contributed by atoms with Crippen molar-refractivity contribution in [3.8, 4) is 0 Å². The van der Waals surface area contributed by atoms with Crippen molar-refractivity contribution in [1.29, 1.82) is 0 Å². The highest BCUT2D eigenvalue weighted by Gasteiger charge is 2.41. The number of ether oxygens (including phenoxy) is 2. The Morgan fingerprint density at radius 1 is 0.889 bits per heavy atom. The molecule has 1 aliphatic rings. The van der Waals surface area contributed by atoms with Crippen LogP contribution in [-0.2, 0) is 9.47 Å². The van der Waals surface area contributed by atoms with Crippen molar-refractivity contribution in [2.75, 3.05) is 13.2 Å². The summed E-state index contributed by atoms with van der Waals surface area (Å²) in [4.78, 5) is 0. The van der Waals surface area contributed by atoms with E-state index in [9.17, 15) is 0 Å². The summed E-state index contributed by atoms with van der Waals surface area (Å²) in [6.07, 6.45) is 10.2. The molecule has 3 unspecified atom stereocenters. The molecule has 0 spiro atoms. The molecule has 0 radical (unpaired) electrons. The topological polar surface area (TPSA) is 18.5 Å². The van der Waals surface area contributed by atoms with Crippen LogP contribution in [0.2, 0.25) is 0 Å². The maximum Gasteiger partial charge on any atom is 0.100 e. The number of hydrogen-bond acceptors (Lipinski definition) is 2. The Hall–Kier alpha value is 0.210. The zero-order chi connectivity index (χ0) is 13.2. The van der Waals surface area contributed by atoms with E-state index in [2.05, 4.69) is 13.8 Å². The first-order valence-corrected chi connectivity index (χ1v) is 8.10. The third-order valence-electron chi connectivity index (χ3n) is 3.52. The van der Waals surface area contributed by atoms with Crippen LogP contribution in [0, 0.1) is 0 Å². The van der Waals surface area contributed by atoms with E-state index in [4.69, 9.17) is 21.1 Å². The standard InChI is InChI=1S/C15H29ClO2/c1-3-5-6-7-8-9-11-17-14-12-13(16)15(14)18-10-4-2/h13-15H,3-12H2,1-2H3. The van der Waals surface area contributed by atoms with Crippen LogP contribution >= 0.6 is 11.6 Å². The quantitative estimate of drug-likeness (QED) is 0.407. The van der Waals surface area contributed by atoms with Crippen LogP contribution in [0.25, 0.3) is 0 Å². The molecular formula is C15H29ClO2. The molecule has 0 heterocycles. The van der Waals surface area contributed by atoms with Gasteiger partial charge in [-0.15, -0.1) is 11.6 Å². The fourth-order valence-corrected chi connectivity index (χ4v) is 2.68. The molecule has 1 aliphatic carbocycles. The van der Waals surface area contributed by atoms with E-state index in [0.717, 1.165) is 26.1 Å². The molecule has 0 bridgehead atoms. The van der Waals surface area contributed by atoms with Crippen molar-refractivity contribution in [3.63, 3.8) is 0 Å². The van der Waals surface area contributed by atoms with Gasteiger partial charge in [-0.25, -0.2) is 0 Å². The van der Waals surface area contributed by atoms with Gasteiger partial charge in [0.2, 0.25) is 0 Å². The molecule has 18 heavy (non-hydrogen) atoms. The molecule has 0 aromatic rings. The highest BCUT2D eigenvalue weighted by atomic mass is 35.5. The Bertz CT molecular complexity index is 199. The molecule has 1 saturated carbocycles. The van der Waals surface area contributed by atoms with Crippen molar-refractivity contribution in [2.45, 2.75) is 82.8 Å². The van der Waals surface area contributed by atoms with E-state index in [-0.39, 0.29) is 17.6 Å². The highest BCUT2D eigenvalue weighted by Crippen LogP contribution is 2.32. The van der Waals surface area contributed by atoms with Gasteiger partial charge in [0.1, 0.15) is 6.10 Å². The second-order valence-corrected chi connectivity index (χ2v) is 5.82. The summed E-state index contributed by atoms with van der Waals surface area (Å²) in [7, 11) is 0. The summed E-state index contributed by atoms with van der Waals surface area (Å²) >= 11 is 6.14. The lowest BCUT2D eigenvalue weighted by Gasteiger charge is -2.40. The van der Waals surface area contributed by atoms with E-state index < -0.39 is 0 Å². The normalized spacial score (nSPS) is 27.2. The summed E-state index contributed by atoms with van der Waals surface area (Å²) in [5.41, 5.74) is 0. The van der Waals surface area contributed by atoms with Gasteiger partial charge in [-0.05, 0) is 19.3 Å². The predicted molar refractivity (Wildman–Crippen MR) is 77.4 cm³/mol. The Balaban J connectivity index is 1.95. The van der Waals surface area contributed by atoms with Gasteiger partial charge in [-0.3, -0.25) is 0 Å². The average Bonchev–Trinajstić information content (AvgIpc) is 2.36. The molecule has 0 aromatic carbocycles. The summed E-state index contributed by atoms with van der Waals surface area (Å²) in [6, 6.07) is 0. The molecular weight excluding hydrogens is 248 g/mol. The van der Waals surface area contributed by atoms with Crippen LogP contribution in [0.4, 0.5) is 0 Å². The van der Waals surface area contributed by atoms with Crippen molar-refractivity contribution in [1.82, 2.24) is 0 Å². The first kappa shape index (κ1) is 16.3. The van der Waals surface area contributed by atoms with Crippen LogP contribution in [0.1, 0.15) is 65.2 Å². The third-order valence-corrected chi connectivity index (χ3v) is 3.95. The molecule has 0 saturated heterocycles. The summed E-state index contributed by atoms with van der Waals surface area (Å²) in [5, 5.41) is 0.158. The van der Waals surface area contributed by atoms with Crippen molar-refractivity contribution in [3.05, 3.63) is 0 Å². The molecule has 0 N–H and O–H groups in total. The van der Waals surface area contributed by atoms with Gasteiger partial charge in [-0.2, -0.15) is 0 Å². The van der Waals surface area contributed by atoms with Gasteiger partial charge in [-0.1, -0.05) is 46.0 Å². The minimum Gasteiger partial charge on any atom is -0.375 e. The molecule has 1 rings (SSSR count). The fourth-order valence-electron chi connectivity index (χ4n) is 2.27. The maximum atomic E-state index is 6.14. The van der Waals surface area contributed by atoms with E-state index in [1.165, 1.54) is 38.5 Å². The highest BCUT2D eigenvalue weighted by molar-refractivity contribution is 6.21. The van der Waals surface area contributed by atoms with Gasteiger partial charge in [0.25, 0.3) is 0 Å². The number of halogens is 1. The Morgan fingerprint density at radius 2 is 1.61 bits per heavy atom. The molecule has 3 atom stereocenters. The molecule has 0 aromatic heterocycles. The molecule has 1 fully saturated rings. The molecule has 108 valence electrons. The monoisotopic (exact) mass is 276 g/mol. The lowest BCUT2D eigenvalue weighted by atomic mass is 9.91. The van der Waals surface area contributed by atoms with Crippen LogP contribution in [0.15, 0.2) is 0 Å². The van der Waals surface area contributed by atoms with Gasteiger partial charge in [0, 0.05) is 13.2 Å². The van der Waals surface area contributed by atoms with Gasteiger partial charge in [0.05, 0.1) is 11.5 Å². The van der Waals surface area contributed by atoms with Crippen LogP contribution in [0.5, 0.6) is 0 Å². The minimum atomic E-state index is 0.131. The van der Waals surface area contributed by atoms with Crippen molar-refractivity contribution >= 4 is 11.6 Å². The maximum absolute atomic E-state index is 6.14. The molecule has 0 aliphatic heterocycles. The number of rotatable bonds is 11. The Kier molecular flexibility index (Phi) is 9.08. The van der Waals surface area contributed by atoms with Crippen molar-refractivity contribution < 1.29 is 9.47 Å². The molecule has 0 amide bonds. The SMILES string of the molecule is CCCCCCCCOC1CC(Cl)C1OCCC. The van der Waals surface area contributed by atoms with E-state index in [0.29, 0.717) is 0 Å². The second-order valence-electron chi connectivity index (χ2n) is 5.26. The number of unbranched alkanes of at least 4 members (excludes halogenated alkanes) is 5. The number of alkyl halides is 1. The Morgan fingerprint density at radius 3 is 2.28 bits per heavy atom. The van der Waals surface area contributed by atoms with Gasteiger partial charge >= 0.3 is 0 Å². The van der Waals surface area contributed by atoms with Crippen LogP contribution in [0.3, 0.4) is 0 Å². The predicted octanol–water partition coefficient (Wildman–Crippen LogP) is 4.54. The lowest BCUT2D eigenvalue weighted by molar-refractivity contribution is -0.124. The number of hydrogen-bond donors (Lipinski definition) is 0. The zero-order valence-electron chi connectivity index (χ0n) is 12.0. The van der Waals surface area contributed by atoms with Gasteiger partial charge in [0.15, 0.2) is 0 Å². The average molecular weight is 277 g/mol. The fraction of sp³-hybridized carbons (Fsp3) is 1.00. The smallest absolute Gasteiger partial charge is 0.100 e. The minimum absolute atomic E-state index is 0.131. The zero-order valence-corrected chi connectivity index (χ0v) is 12.8. The van der Waals surface area contributed by atoms with Crippen LogP contribution in [-0.4, -0.2) is 30.8 Å². The first-order chi connectivity index (χ1) is 8.79. The molecule has 2 nitrogen and oxygen atoms in total. The summed E-state index contributed by atoms with van der Waals surface area (Å²) in [6.45, 7) is 6.03. The first-order valence-electron chi connectivity index (χ1n) is 7.66.